The second kappa shape index (κ2) is 8.06. The zero-order valence-electron chi connectivity index (χ0n) is 12.2. The highest BCUT2D eigenvalue weighted by atomic mass is 15.1. The Morgan fingerprint density at radius 2 is 1.82 bits per heavy atom. The molecule has 0 heterocycles. The van der Waals surface area contributed by atoms with Crippen molar-refractivity contribution in [2.45, 2.75) is 51.1 Å². The van der Waals surface area contributed by atoms with Crippen LogP contribution >= 0.6 is 0 Å². The molecule has 0 amide bonds. The number of hydrogen-bond donors (Lipinski definition) is 1. The van der Waals surface area contributed by atoms with Gasteiger partial charge in [-0.15, -0.1) is 0 Å². The maximum atomic E-state index is 3.58. The molecular formula is C14H31N3. The molecule has 1 N–H and O–H groups in total. The Kier molecular flexibility index (Phi) is 7.09. The molecule has 3 heteroatoms. The zero-order chi connectivity index (χ0) is 12.7. The highest BCUT2D eigenvalue weighted by Gasteiger charge is 2.19. The normalized spacial score (nSPS) is 18.0. The van der Waals surface area contributed by atoms with E-state index in [-0.39, 0.29) is 0 Å². The lowest BCUT2D eigenvalue weighted by molar-refractivity contribution is 0.229. The van der Waals surface area contributed by atoms with Crippen LogP contribution in [0.2, 0.25) is 0 Å². The Morgan fingerprint density at radius 1 is 1.12 bits per heavy atom. The van der Waals surface area contributed by atoms with Crippen LogP contribution in [0, 0.1) is 0 Å². The third kappa shape index (κ3) is 7.74. The average Bonchev–Trinajstić information content (AvgIpc) is 3.07. The molecule has 0 spiro atoms. The topological polar surface area (TPSA) is 18.5 Å². The molecule has 0 radical (unpaired) electrons. The summed E-state index contributed by atoms with van der Waals surface area (Å²) in [6.07, 6.45) is 6.71. The summed E-state index contributed by atoms with van der Waals surface area (Å²) in [5, 5.41) is 3.58. The van der Waals surface area contributed by atoms with Crippen LogP contribution in [-0.4, -0.2) is 62.7 Å². The van der Waals surface area contributed by atoms with Crippen molar-refractivity contribution >= 4 is 0 Å². The van der Waals surface area contributed by atoms with E-state index in [9.17, 15) is 0 Å². The molecule has 1 atom stereocenters. The molecule has 17 heavy (non-hydrogen) atoms. The molecule has 3 nitrogen and oxygen atoms in total. The summed E-state index contributed by atoms with van der Waals surface area (Å²) >= 11 is 0. The molecule has 1 aliphatic rings. The number of rotatable bonds is 10. The van der Waals surface area contributed by atoms with Crippen molar-refractivity contribution in [1.82, 2.24) is 15.1 Å². The van der Waals surface area contributed by atoms with Crippen LogP contribution in [0.5, 0.6) is 0 Å². The Hall–Kier alpha value is -0.120. The van der Waals surface area contributed by atoms with Gasteiger partial charge in [0.1, 0.15) is 0 Å². The van der Waals surface area contributed by atoms with Crippen molar-refractivity contribution < 1.29 is 0 Å². The van der Waals surface area contributed by atoms with Gasteiger partial charge in [0.05, 0.1) is 0 Å². The van der Waals surface area contributed by atoms with Crippen LogP contribution in [0.4, 0.5) is 0 Å². The smallest absolute Gasteiger partial charge is 0.00682 e. The van der Waals surface area contributed by atoms with Gasteiger partial charge in [0.25, 0.3) is 0 Å². The lowest BCUT2D eigenvalue weighted by atomic mass is 10.1. The molecule has 1 fully saturated rings. The van der Waals surface area contributed by atoms with E-state index >= 15 is 0 Å². The van der Waals surface area contributed by atoms with E-state index in [0.717, 1.165) is 12.1 Å². The van der Waals surface area contributed by atoms with Crippen LogP contribution in [0.1, 0.15) is 39.0 Å². The molecule has 1 unspecified atom stereocenters. The van der Waals surface area contributed by atoms with E-state index in [2.05, 4.69) is 43.2 Å². The fraction of sp³-hybridized carbons (Fsp3) is 1.00. The van der Waals surface area contributed by atoms with Gasteiger partial charge in [-0.1, -0.05) is 0 Å². The van der Waals surface area contributed by atoms with Gasteiger partial charge in [0.15, 0.2) is 0 Å². The lowest BCUT2D eigenvalue weighted by Gasteiger charge is -2.25. The maximum absolute atomic E-state index is 3.58. The summed E-state index contributed by atoms with van der Waals surface area (Å²) in [4.78, 5) is 4.76. The van der Waals surface area contributed by atoms with Crippen LogP contribution in [0.15, 0.2) is 0 Å². The largest absolute Gasteiger partial charge is 0.314 e. The first-order chi connectivity index (χ1) is 8.09. The van der Waals surface area contributed by atoms with E-state index in [1.54, 1.807) is 0 Å². The second-order valence-corrected chi connectivity index (χ2v) is 5.86. The number of hydrogen-bond acceptors (Lipinski definition) is 3. The monoisotopic (exact) mass is 241 g/mol. The van der Waals surface area contributed by atoms with E-state index in [1.807, 2.05) is 0 Å². The van der Waals surface area contributed by atoms with E-state index < -0.39 is 0 Å². The Morgan fingerprint density at radius 3 is 2.41 bits per heavy atom. The van der Waals surface area contributed by atoms with Gasteiger partial charge >= 0.3 is 0 Å². The molecule has 0 aromatic heterocycles. The zero-order valence-corrected chi connectivity index (χ0v) is 12.2. The highest BCUT2D eigenvalue weighted by molar-refractivity contribution is 4.80. The van der Waals surface area contributed by atoms with Crippen LogP contribution < -0.4 is 5.32 Å². The molecule has 0 aliphatic heterocycles. The van der Waals surface area contributed by atoms with Crippen molar-refractivity contribution in [3.8, 4) is 0 Å². The van der Waals surface area contributed by atoms with E-state index in [4.69, 9.17) is 0 Å². The SMILES string of the molecule is CC(CCCNC1CC1)N(C)CCCN(C)C. The van der Waals surface area contributed by atoms with Gasteiger partial charge in [0, 0.05) is 12.1 Å². The van der Waals surface area contributed by atoms with Gasteiger partial charge in [0.2, 0.25) is 0 Å². The summed E-state index contributed by atoms with van der Waals surface area (Å²) in [7, 11) is 6.55. The van der Waals surface area contributed by atoms with Crippen LogP contribution in [0.3, 0.4) is 0 Å². The van der Waals surface area contributed by atoms with Crippen LogP contribution in [0.25, 0.3) is 0 Å². The van der Waals surface area contributed by atoms with Gasteiger partial charge in [-0.2, -0.15) is 0 Å². The first-order valence-corrected chi connectivity index (χ1v) is 7.18. The van der Waals surface area contributed by atoms with E-state index in [0.29, 0.717) is 0 Å². The fourth-order valence-electron chi connectivity index (χ4n) is 2.07. The quantitative estimate of drug-likeness (QED) is 0.588. The van der Waals surface area contributed by atoms with Crippen molar-refractivity contribution in [3.05, 3.63) is 0 Å². The number of nitrogens with zero attached hydrogens (tertiary/aromatic N) is 2. The van der Waals surface area contributed by atoms with Gasteiger partial charge in [-0.3, -0.25) is 0 Å². The Balaban J connectivity index is 1.94. The third-order valence-electron chi connectivity index (χ3n) is 3.68. The molecule has 1 aliphatic carbocycles. The first-order valence-electron chi connectivity index (χ1n) is 7.18. The molecule has 0 aromatic carbocycles. The Bertz CT molecular complexity index is 190. The van der Waals surface area contributed by atoms with Gasteiger partial charge in [-0.05, 0) is 79.8 Å². The fourth-order valence-corrected chi connectivity index (χ4v) is 2.07. The molecule has 0 aromatic rings. The molecule has 0 saturated heterocycles. The second-order valence-electron chi connectivity index (χ2n) is 5.86. The summed E-state index contributed by atoms with van der Waals surface area (Å²) < 4.78 is 0. The lowest BCUT2D eigenvalue weighted by Crippen LogP contribution is -2.32. The molecule has 1 saturated carbocycles. The number of nitrogens with one attached hydrogen (secondary N) is 1. The molecule has 1 rings (SSSR count). The summed E-state index contributed by atoms with van der Waals surface area (Å²) in [5.41, 5.74) is 0. The van der Waals surface area contributed by atoms with Crippen molar-refractivity contribution in [2.24, 2.45) is 0 Å². The van der Waals surface area contributed by atoms with Gasteiger partial charge in [-0.25, -0.2) is 0 Å². The standard InChI is InChI=1S/C14H31N3/c1-13(7-5-10-15-14-8-9-14)17(4)12-6-11-16(2)3/h13-15H,5-12H2,1-4H3. The summed E-state index contributed by atoms with van der Waals surface area (Å²) in [6, 6.07) is 1.58. The predicted molar refractivity (Wildman–Crippen MR) is 75.5 cm³/mol. The molecular weight excluding hydrogens is 210 g/mol. The maximum Gasteiger partial charge on any atom is 0.00682 e. The highest BCUT2D eigenvalue weighted by Crippen LogP contribution is 2.18. The van der Waals surface area contributed by atoms with Crippen molar-refractivity contribution in [2.75, 3.05) is 40.8 Å². The third-order valence-corrected chi connectivity index (χ3v) is 3.68. The average molecular weight is 241 g/mol. The molecule has 0 bridgehead atoms. The first kappa shape index (κ1) is 14.9. The van der Waals surface area contributed by atoms with Crippen molar-refractivity contribution in [1.29, 1.82) is 0 Å². The van der Waals surface area contributed by atoms with Crippen LogP contribution in [-0.2, 0) is 0 Å². The van der Waals surface area contributed by atoms with Gasteiger partial charge < -0.3 is 15.1 Å². The minimum atomic E-state index is 0.721. The predicted octanol–water partition coefficient (Wildman–Crippen LogP) is 1.79. The Labute approximate surface area is 108 Å². The summed E-state index contributed by atoms with van der Waals surface area (Å²) in [5.74, 6) is 0. The van der Waals surface area contributed by atoms with E-state index in [1.165, 1.54) is 51.7 Å². The minimum absolute atomic E-state index is 0.721. The minimum Gasteiger partial charge on any atom is -0.314 e. The van der Waals surface area contributed by atoms with Crippen molar-refractivity contribution in [3.63, 3.8) is 0 Å². The molecule has 102 valence electrons. The summed E-state index contributed by atoms with van der Waals surface area (Å²) in [6.45, 7) is 5.98.